The average molecular weight is 429 g/mol. The number of carbonyl (C=O) groups is 1. The van der Waals surface area contributed by atoms with E-state index in [0.717, 1.165) is 5.56 Å². The second kappa shape index (κ2) is 9.57. The summed E-state index contributed by atoms with van der Waals surface area (Å²) in [7, 11) is 0. The fourth-order valence-electron chi connectivity index (χ4n) is 2.98. The summed E-state index contributed by atoms with van der Waals surface area (Å²) in [6.45, 7) is 0.383. The highest BCUT2D eigenvalue weighted by Crippen LogP contribution is 2.28. The van der Waals surface area contributed by atoms with E-state index in [-0.39, 0.29) is 17.5 Å². The molecule has 2 aromatic heterocycles. The van der Waals surface area contributed by atoms with Crippen LogP contribution in [0.25, 0.3) is 0 Å². The van der Waals surface area contributed by atoms with Crippen LogP contribution in [0.1, 0.15) is 15.9 Å². The number of amides is 1. The lowest BCUT2D eigenvalue weighted by atomic mass is 10.2. The van der Waals surface area contributed by atoms with Gasteiger partial charge in [0.2, 0.25) is 0 Å². The van der Waals surface area contributed by atoms with Gasteiger partial charge in [-0.3, -0.25) is 4.79 Å². The SMILES string of the molecule is Nc1cc(Oc2ccc(Nc3ncccc3C(=O)NCc3ccccc3)cc2F)ccn1. The fourth-order valence-corrected chi connectivity index (χ4v) is 2.98. The standard InChI is InChI=1S/C24H20FN5O2/c25-20-13-17(8-9-21(20)32-18-10-12-27-22(26)14-18)30-23-19(7-4-11-28-23)24(31)29-15-16-5-2-1-3-6-16/h1-14H,15H2,(H2,26,27)(H,28,30)(H,29,31). The molecule has 0 spiro atoms. The first kappa shape index (κ1) is 20.8. The van der Waals surface area contributed by atoms with Crippen molar-refractivity contribution in [3.8, 4) is 11.5 Å². The molecule has 0 saturated carbocycles. The van der Waals surface area contributed by atoms with E-state index < -0.39 is 5.82 Å². The van der Waals surface area contributed by atoms with Gasteiger partial charge >= 0.3 is 0 Å². The molecule has 0 bridgehead atoms. The second-order valence-corrected chi connectivity index (χ2v) is 6.86. The van der Waals surface area contributed by atoms with Crippen molar-refractivity contribution in [3.05, 3.63) is 102 Å². The molecule has 0 atom stereocenters. The number of hydrogen-bond acceptors (Lipinski definition) is 6. The molecule has 0 unspecified atom stereocenters. The summed E-state index contributed by atoms with van der Waals surface area (Å²) < 4.78 is 20.1. The molecule has 0 radical (unpaired) electrons. The third kappa shape index (κ3) is 5.17. The van der Waals surface area contributed by atoms with E-state index in [4.69, 9.17) is 10.5 Å². The first-order valence-corrected chi connectivity index (χ1v) is 9.81. The third-order valence-corrected chi connectivity index (χ3v) is 4.52. The Hall–Kier alpha value is -4.46. The number of pyridine rings is 2. The van der Waals surface area contributed by atoms with E-state index in [1.807, 2.05) is 30.3 Å². The van der Waals surface area contributed by atoms with Crippen LogP contribution in [0.3, 0.4) is 0 Å². The molecule has 4 rings (SSSR count). The number of ether oxygens (including phenoxy) is 1. The second-order valence-electron chi connectivity index (χ2n) is 6.86. The Morgan fingerprint density at radius 3 is 2.59 bits per heavy atom. The number of hydrogen-bond donors (Lipinski definition) is 3. The predicted octanol–water partition coefficient (Wildman–Crippen LogP) is 4.66. The lowest BCUT2D eigenvalue weighted by Crippen LogP contribution is -2.24. The monoisotopic (exact) mass is 429 g/mol. The van der Waals surface area contributed by atoms with E-state index in [1.54, 1.807) is 30.5 Å². The summed E-state index contributed by atoms with van der Waals surface area (Å²) in [5, 5.41) is 5.86. The van der Waals surface area contributed by atoms with Crippen LogP contribution < -0.4 is 21.1 Å². The van der Waals surface area contributed by atoms with Crippen molar-refractivity contribution in [2.24, 2.45) is 0 Å². The molecule has 7 nitrogen and oxygen atoms in total. The van der Waals surface area contributed by atoms with E-state index >= 15 is 0 Å². The summed E-state index contributed by atoms with van der Waals surface area (Å²) in [6.07, 6.45) is 3.03. The summed E-state index contributed by atoms with van der Waals surface area (Å²) in [5.74, 6) is 0.112. The summed E-state index contributed by atoms with van der Waals surface area (Å²) in [5.41, 5.74) is 7.36. The highest BCUT2D eigenvalue weighted by atomic mass is 19.1. The molecule has 0 saturated heterocycles. The zero-order chi connectivity index (χ0) is 22.3. The topological polar surface area (TPSA) is 102 Å². The summed E-state index contributed by atoms with van der Waals surface area (Å²) in [6, 6.07) is 20.3. The highest BCUT2D eigenvalue weighted by molar-refractivity contribution is 5.99. The molecule has 2 heterocycles. The average Bonchev–Trinajstić information content (AvgIpc) is 2.80. The number of carbonyl (C=O) groups excluding carboxylic acids is 1. The Balaban J connectivity index is 1.47. The number of anilines is 3. The molecule has 2 aromatic carbocycles. The highest BCUT2D eigenvalue weighted by Gasteiger charge is 2.14. The van der Waals surface area contributed by atoms with Gasteiger partial charge in [-0.05, 0) is 35.9 Å². The number of nitrogens with one attached hydrogen (secondary N) is 2. The number of benzene rings is 2. The molecule has 1 amide bonds. The van der Waals surface area contributed by atoms with Crippen molar-refractivity contribution in [2.45, 2.75) is 6.54 Å². The smallest absolute Gasteiger partial charge is 0.255 e. The largest absolute Gasteiger partial charge is 0.454 e. The van der Waals surface area contributed by atoms with Gasteiger partial charge < -0.3 is 21.1 Å². The lowest BCUT2D eigenvalue weighted by molar-refractivity contribution is 0.0951. The number of nitrogens with two attached hydrogens (primary N) is 1. The maximum Gasteiger partial charge on any atom is 0.255 e. The van der Waals surface area contributed by atoms with E-state index in [1.165, 1.54) is 24.4 Å². The number of nitrogens with zero attached hydrogens (tertiary/aromatic N) is 2. The molecule has 0 aliphatic rings. The molecule has 0 aliphatic carbocycles. The third-order valence-electron chi connectivity index (χ3n) is 4.52. The maximum absolute atomic E-state index is 14.6. The van der Waals surface area contributed by atoms with Gasteiger partial charge in [-0.25, -0.2) is 14.4 Å². The van der Waals surface area contributed by atoms with Crippen molar-refractivity contribution in [1.29, 1.82) is 0 Å². The van der Waals surface area contributed by atoms with Crippen molar-refractivity contribution < 1.29 is 13.9 Å². The fraction of sp³-hybridized carbons (Fsp3) is 0.0417. The molecule has 32 heavy (non-hydrogen) atoms. The Bertz CT molecular complexity index is 1230. The van der Waals surface area contributed by atoms with Crippen LogP contribution in [0, 0.1) is 5.82 Å². The van der Waals surface area contributed by atoms with Gasteiger partial charge in [-0.1, -0.05) is 30.3 Å². The summed E-state index contributed by atoms with van der Waals surface area (Å²) >= 11 is 0. The minimum absolute atomic E-state index is 0.0306. The van der Waals surface area contributed by atoms with Gasteiger partial charge in [-0.15, -0.1) is 0 Å². The van der Waals surface area contributed by atoms with Crippen LogP contribution in [0.2, 0.25) is 0 Å². The van der Waals surface area contributed by atoms with Crippen molar-refractivity contribution in [3.63, 3.8) is 0 Å². The predicted molar refractivity (Wildman–Crippen MR) is 120 cm³/mol. The van der Waals surface area contributed by atoms with Gasteiger partial charge in [-0.2, -0.15) is 0 Å². The molecule has 4 aromatic rings. The van der Waals surface area contributed by atoms with Crippen molar-refractivity contribution in [1.82, 2.24) is 15.3 Å². The zero-order valence-corrected chi connectivity index (χ0v) is 17.0. The maximum atomic E-state index is 14.6. The zero-order valence-electron chi connectivity index (χ0n) is 17.0. The van der Waals surface area contributed by atoms with Crippen LogP contribution in [0.15, 0.2) is 85.2 Å². The number of nitrogen functional groups attached to an aromatic ring is 1. The van der Waals surface area contributed by atoms with Gasteiger partial charge in [0.1, 0.15) is 17.4 Å². The molecule has 160 valence electrons. The van der Waals surface area contributed by atoms with Crippen LogP contribution >= 0.6 is 0 Å². The minimum Gasteiger partial charge on any atom is -0.454 e. The van der Waals surface area contributed by atoms with Gasteiger partial charge in [0.05, 0.1) is 5.56 Å². The quantitative estimate of drug-likeness (QED) is 0.395. The molecule has 0 fully saturated rings. The first-order valence-electron chi connectivity index (χ1n) is 9.81. The Morgan fingerprint density at radius 1 is 0.969 bits per heavy atom. The Labute approximate surface area is 184 Å². The Kier molecular flexibility index (Phi) is 6.22. The molecular formula is C24H20FN5O2. The summed E-state index contributed by atoms with van der Waals surface area (Å²) in [4.78, 5) is 20.8. The molecule has 0 aliphatic heterocycles. The Morgan fingerprint density at radius 2 is 1.81 bits per heavy atom. The van der Waals surface area contributed by atoms with Crippen molar-refractivity contribution in [2.75, 3.05) is 11.1 Å². The normalized spacial score (nSPS) is 10.4. The first-order chi connectivity index (χ1) is 15.6. The van der Waals surface area contributed by atoms with Gasteiger partial charge in [0, 0.05) is 36.8 Å². The molecular weight excluding hydrogens is 409 g/mol. The van der Waals surface area contributed by atoms with E-state index in [9.17, 15) is 9.18 Å². The van der Waals surface area contributed by atoms with E-state index in [2.05, 4.69) is 20.6 Å². The van der Waals surface area contributed by atoms with Gasteiger partial charge in [0.15, 0.2) is 11.6 Å². The van der Waals surface area contributed by atoms with E-state index in [0.29, 0.717) is 29.4 Å². The van der Waals surface area contributed by atoms with Crippen molar-refractivity contribution >= 4 is 23.2 Å². The minimum atomic E-state index is -0.587. The molecule has 8 heteroatoms. The lowest BCUT2D eigenvalue weighted by Gasteiger charge is -2.13. The van der Waals surface area contributed by atoms with Crippen LogP contribution in [-0.4, -0.2) is 15.9 Å². The number of aromatic nitrogens is 2. The number of halogens is 1. The molecule has 4 N–H and O–H groups in total. The van der Waals surface area contributed by atoms with Crippen LogP contribution in [0.5, 0.6) is 11.5 Å². The van der Waals surface area contributed by atoms with Gasteiger partial charge in [0.25, 0.3) is 5.91 Å². The number of rotatable bonds is 7. The van der Waals surface area contributed by atoms with Crippen LogP contribution in [0.4, 0.5) is 21.7 Å². The van der Waals surface area contributed by atoms with Crippen LogP contribution in [-0.2, 0) is 6.54 Å².